The lowest BCUT2D eigenvalue weighted by atomic mass is 9.99. The number of benzene rings is 1. The molecule has 1 heterocycles. The van der Waals surface area contributed by atoms with Crippen LogP contribution in [0.5, 0.6) is 0 Å². The van der Waals surface area contributed by atoms with Gasteiger partial charge >= 0.3 is 0 Å². The third kappa shape index (κ3) is 1.76. The van der Waals surface area contributed by atoms with E-state index in [0.717, 1.165) is 34.3 Å². The van der Waals surface area contributed by atoms with Gasteiger partial charge in [0, 0.05) is 11.1 Å². The zero-order valence-electron chi connectivity index (χ0n) is 10.9. The molecule has 3 N–H and O–H groups in total. The number of aromatic nitrogens is 1. The highest BCUT2D eigenvalue weighted by Gasteiger charge is 2.13. The molecular weight excluding hydrogens is 210 g/mol. The molecule has 0 aliphatic carbocycles. The fourth-order valence-corrected chi connectivity index (χ4v) is 2.33. The second kappa shape index (κ2) is 4.34. The summed E-state index contributed by atoms with van der Waals surface area (Å²) in [6, 6.07) is 4.23. The molecule has 1 aromatic carbocycles. The first kappa shape index (κ1) is 11.9. The van der Waals surface area contributed by atoms with Gasteiger partial charge in [0.2, 0.25) is 0 Å². The van der Waals surface area contributed by atoms with Crippen LogP contribution in [-0.2, 0) is 6.42 Å². The van der Waals surface area contributed by atoms with Crippen molar-refractivity contribution in [3.05, 3.63) is 34.5 Å². The van der Waals surface area contributed by atoms with Gasteiger partial charge < -0.3 is 5.43 Å². The summed E-state index contributed by atoms with van der Waals surface area (Å²) < 4.78 is 0. The van der Waals surface area contributed by atoms with E-state index in [0.29, 0.717) is 0 Å². The van der Waals surface area contributed by atoms with Gasteiger partial charge in [-0.25, -0.2) is 0 Å². The van der Waals surface area contributed by atoms with Crippen LogP contribution in [0.4, 0.5) is 5.69 Å². The molecule has 0 saturated heterocycles. The van der Waals surface area contributed by atoms with Crippen molar-refractivity contribution in [2.75, 3.05) is 5.43 Å². The van der Waals surface area contributed by atoms with Crippen LogP contribution >= 0.6 is 0 Å². The Morgan fingerprint density at radius 2 is 1.82 bits per heavy atom. The van der Waals surface area contributed by atoms with Gasteiger partial charge in [0.1, 0.15) is 0 Å². The van der Waals surface area contributed by atoms with Crippen LogP contribution in [0.1, 0.15) is 29.3 Å². The van der Waals surface area contributed by atoms with E-state index >= 15 is 0 Å². The molecule has 0 spiro atoms. The number of fused-ring (bicyclic) bond motifs is 1. The van der Waals surface area contributed by atoms with Gasteiger partial charge in [0.05, 0.1) is 11.2 Å². The van der Waals surface area contributed by atoms with Gasteiger partial charge in [-0.1, -0.05) is 19.1 Å². The van der Waals surface area contributed by atoms with Crippen LogP contribution in [0.25, 0.3) is 10.9 Å². The zero-order chi connectivity index (χ0) is 12.6. The van der Waals surface area contributed by atoms with Gasteiger partial charge in [-0.15, -0.1) is 0 Å². The number of nitrogens with one attached hydrogen (secondary N) is 1. The summed E-state index contributed by atoms with van der Waals surface area (Å²) in [6.45, 7) is 8.37. The molecule has 0 atom stereocenters. The number of anilines is 1. The molecule has 17 heavy (non-hydrogen) atoms. The predicted molar refractivity (Wildman–Crippen MR) is 73.1 cm³/mol. The van der Waals surface area contributed by atoms with Crippen molar-refractivity contribution >= 4 is 16.6 Å². The lowest BCUT2D eigenvalue weighted by Crippen LogP contribution is -2.11. The van der Waals surface area contributed by atoms with E-state index in [9.17, 15) is 0 Å². The lowest BCUT2D eigenvalue weighted by Gasteiger charge is -2.16. The summed E-state index contributed by atoms with van der Waals surface area (Å²) in [6.07, 6.45) is 0.920. The van der Waals surface area contributed by atoms with Gasteiger partial charge in [-0.2, -0.15) is 0 Å². The Hall–Kier alpha value is -1.61. The first-order valence-electron chi connectivity index (χ1n) is 5.96. The standard InChI is InChI=1S/C14H19N3/c1-5-11-10(4)14(17-15)12-8(2)6-7-9(3)13(12)16-11/h6-7H,5,15H2,1-4H3,(H,16,17). The molecular formula is C14H19N3. The number of nitrogen functional groups attached to an aromatic ring is 1. The summed E-state index contributed by atoms with van der Waals surface area (Å²) in [5.41, 5.74) is 9.56. The van der Waals surface area contributed by atoms with Crippen molar-refractivity contribution < 1.29 is 0 Å². The average Bonchev–Trinajstić information content (AvgIpc) is 2.33. The molecule has 0 saturated carbocycles. The molecule has 0 bridgehead atoms. The number of hydrogen-bond acceptors (Lipinski definition) is 3. The van der Waals surface area contributed by atoms with Crippen LogP contribution < -0.4 is 11.3 Å². The molecule has 90 valence electrons. The summed E-state index contributed by atoms with van der Waals surface area (Å²) in [5.74, 6) is 5.68. The first-order chi connectivity index (χ1) is 8.10. The van der Waals surface area contributed by atoms with Crippen molar-refractivity contribution in [1.29, 1.82) is 0 Å². The molecule has 3 heteroatoms. The first-order valence-corrected chi connectivity index (χ1v) is 5.96. The maximum absolute atomic E-state index is 5.68. The van der Waals surface area contributed by atoms with E-state index in [2.05, 4.69) is 45.3 Å². The Morgan fingerprint density at radius 3 is 2.41 bits per heavy atom. The molecule has 0 radical (unpaired) electrons. The Balaban J connectivity index is 2.97. The van der Waals surface area contributed by atoms with E-state index < -0.39 is 0 Å². The molecule has 0 aliphatic rings. The third-order valence-electron chi connectivity index (χ3n) is 3.37. The highest BCUT2D eigenvalue weighted by Crippen LogP contribution is 2.31. The quantitative estimate of drug-likeness (QED) is 0.615. The molecule has 2 rings (SSSR count). The maximum Gasteiger partial charge on any atom is 0.0758 e. The normalized spacial score (nSPS) is 10.9. The molecule has 2 aromatic rings. The van der Waals surface area contributed by atoms with Crippen LogP contribution in [-0.4, -0.2) is 4.98 Å². The van der Waals surface area contributed by atoms with Gasteiger partial charge in [0.25, 0.3) is 0 Å². The Morgan fingerprint density at radius 1 is 1.18 bits per heavy atom. The largest absolute Gasteiger partial charge is 0.323 e. The Labute approximate surface area is 102 Å². The minimum absolute atomic E-state index is 0.920. The van der Waals surface area contributed by atoms with Gasteiger partial charge in [-0.05, 0) is 43.9 Å². The number of hydrogen-bond donors (Lipinski definition) is 2. The molecule has 3 nitrogen and oxygen atoms in total. The number of pyridine rings is 1. The lowest BCUT2D eigenvalue weighted by molar-refractivity contribution is 1.02. The fraction of sp³-hybridized carbons (Fsp3) is 0.357. The second-order valence-corrected chi connectivity index (χ2v) is 4.48. The fourth-order valence-electron chi connectivity index (χ4n) is 2.33. The van der Waals surface area contributed by atoms with Crippen molar-refractivity contribution in [3.63, 3.8) is 0 Å². The third-order valence-corrected chi connectivity index (χ3v) is 3.37. The van der Waals surface area contributed by atoms with E-state index in [1.807, 2.05) is 0 Å². The number of nitrogens with zero attached hydrogens (tertiary/aromatic N) is 1. The highest BCUT2D eigenvalue weighted by atomic mass is 15.2. The predicted octanol–water partition coefficient (Wildman–Crippen LogP) is 3.01. The second-order valence-electron chi connectivity index (χ2n) is 4.48. The number of rotatable bonds is 2. The van der Waals surface area contributed by atoms with Crippen molar-refractivity contribution in [1.82, 2.24) is 4.98 Å². The van der Waals surface area contributed by atoms with E-state index in [1.54, 1.807) is 0 Å². The topological polar surface area (TPSA) is 50.9 Å². The molecule has 0 aliphatic heterocycles. The summed E-state index contributed by atoms with van der Waals surface area (Å²) in [5, 5.41) is 1.14. The van der Waals surface area contributed by atoms with Crippen molar-refractivity contribution in [2.24, 2.45) is 5.84 Å². The maximum atomic E-state index is 5.68. The minimum Gasteiger partial charge on any atom is -0.323 e. The van der Waals surface area contributed by atoms with Crippen LogP contribution in [0.2, 0.25) is 0 Å². The summed E-state index contributed by atoms with van der Waals surface area (Å²) in [4.78, 5) is 4.77. The van der Waals surface area contributed by atoms with Crippen LogP contribution in [0, 0.1) is 20.8 Å². The monoisotopic (exact) mass is 229 g/mol. The number of nitrogens with two attached hydrogens (primary N) is 1. The minimum atomic E-state index is 0.920. The van der Waals surface area contributed by atoms with Crippen molar-refractivity contribution in [3.8, 4) is 0 Å². The average molecular weight is 229 g/mol. The van der Waals surface area contributed by atoms with Gasteiger partial charge in [0.15, 0.2) is 0 Å². The number of aryl methyl sites for hydroxylation is 3. The van der Waals surface area contributed by atoms with Crippen molar-refractivity contribution in [2.45, 2.75) is 34.1 Å². The van der Waals surface area contributed by atoms with E-state index in [-0.39, 0.29) is 0 Å². The smallest absolute Gasteiger partial charge is 0.0758 e. The molecule has 0 amide bonds. The Kier molecular flexibility index (Phi) is 3.03. The molecule has 1 aromatic heterocycles. The van der Waals surface area contributed by atoms with Crippen LogP contribution in [0.15, 0.2) is 12.1 Å². The highest BCUT2D eigenvalue weighted by molar-refractivity contribution is 5.97. The summed E-state index contributed by atoms with van der Waals surface area (Å²) in [7, 11) is 0. The van der Waals surface area contributed by atoms with E-state index in [4.69, 9.17) is 10.8 Å². The SMILES string of the molecule is CCc1nc2c(C)ccc(C)c2c(NN)c1C. The number of hydrazine groups is 1. The van der Waals surface area contributed by atoms with Crippen LogP contribution in [0.3, 0.4) is 0 Å². The zero-order valence-corrected chi connectivity index (χ0v) is 10.9. The van der Waals surface area contributed by atoms with Gasteiger partial charge in [-0.3, -0.25) is 10.8 Å². The molecule has 0 fully saturated rings. The van der Waals surface area contributed by atoms with E-state index in [1.165, 1.54) is 11.1 Å². The summed E-state index contributed by atoms with van der Waals surface area (Å²) >= 11 is 0. The molecule has 0 unspecified atom stereocenters. The Bertz CT molecular complexity index is 573.